The maximum atomic E-state index is 4.70. The lowest BCUT2D eigenvalue weighted by atomic mass is 10.1. The van der Waals surface area contributed by atoms with Crippen LogP contribution in [-0.4, -0.2) is 28.7 Å². The van der Waals surface area contributed by atoms with Gasteiger partial charge in [-0.25, -0.2) is 4.98 Å². The van der Waals surface area contributed by atoms with E-state index in [0.29, 0.717) is 6.04 Å². The van der Waals surface area contributed by atoms with Gasteiger partial charge in [-0.1, -0.05) is 12.1 Å². The molecule has 96 valence electrons. The largest absolute Gasteiger partial charge is 0.352 e. The van der Waals surface area contributed by atoms with Crippen LogP contribution in [-0.2, 0) is 6.54 Å². The number of nitrogens with one attached hydrogen (secondary N) is 2. The van der Waals surface area contributed by atoms with Gasteiger partial charge in [0.1, 0.15) is 0 Å². The molecule has 0 saturated carbocycles. The predicted octanol–water partition coefficient (Wildman–Crippen LogP) is 2.22. The summed E-state index contributed by atoms with van der Waals surface area (Å²) in [5.41, 5.74) is 2.29. The van der Waals surface area contributed by atoms with E-state index in [-0.39, 0.29) is 0 Å². The molecular formula is C14H20N4. The lowest BCUT2D eigenvalue weighted by Gasteiger charge is -2.24. The van der Waals surface area contributed by atoms with Crippen LogP contribution < -0.4 is 10.6 Å². The van der Waals surface area contributed by atoms with Crippen LogP contribution in [0.5, 0.6) is 0 Å². The molecule has 1 saturated heterocycles. The van der Waals surface area contributed by atoms with Crippen LogP contribution in [0.3, 0.4) is 0 Å². The van der Waals surface area contributed by atoms with Gasteiger partial charge in [-0.15, -0.1) is 0 Å². The van der Waals surface area contributed by atoms with E-state index >= 15 is 0 Å². The fourth-order valence-corrected chi connectivity index (χ4v) is 2.66. The summed E-state index contributed by atoms with van der Waals surface area (Å²) in [5, 5.41) is 7.01. The van der Waals surface area contributed by atoms with Gasteiger partial charge in [-0.3, -0.25) is 0 Å². The van der Waals surface area contributed by atoms with E-state index in [1.807, 2.05) is 6.07 Å². The molecule has 0 spiro atoms. The summed E-state index contributed by atoms with van der Waals surface area (Å²) in [6.07, 6.45) is 2.46. The van der Waals surface area contributed by atoms with Gasteiger partial charge in [-0.2, -0.15) is 0 Å². The minimum Gasteiger partial charge on any atom is -0.352 e. The Morgan fingerprint density at radius 3 is 3.11 bits per heavy atom. The third-order valence-electron chi connectivity index (χ3n) is 3.60. The Balaban J connectivity index is 1.90. The molecule has 1 aliphatic heterocycles. The normalized spacial score (nSPS) is 20.2. The molecule has 4 heteroatoms. The highest BCUT2D eigenvalue weighted by atomic mass is 15.2. The van der Waals surface area contributed by atoms with Crippen LogP contribution in [0.1, 0.15) is 19.8 Å². The van der Waals surface area contributed by atoms with Crippen molar-refractivity contribution in [1.29, 1.82) is 0 Å². The van der Waals surface area contributed by atoms with Gasteiger partial charge in [-0.05, 0) is 38.4 Å². The van der Waals surface area contributed by atoms with E-state index in [1.54, 1.807) is 0 Å². The van der Waals surface area contributed by atoms with Crippen LogP contribution in [0, 0.1) is 0 Å². The van der Waals surface area contributed by atoms with E-state index in [9.17, 15) is 0 Å². The molecule has 0 aliphatic carbocycles. The Hall–Kier alpha value is -1.55. The molecule has 1 fully saturated rings. The molecule has 2 aromatic rings. The second-order valence-electron chi connectivity index (χ2n) is 4.86. The lowest BCUT2D eigenvalue weighted by Crippen LogP contribution is -2.39. The highest BCUT2D eigenvalue weighted by Gasteiger charge is 2.16. The topological polar surface area (TPSA) is 41.9 Å². The molecule has 0 bridgehead atoms. The van der Waals surface area contributed by atoms with E-state index in [2.05, 4.69) is 40.3 Å². The van der Waals surface area contributed by atoms with Gasteiger partial charge in [0.25, 0.3) is 0 Å². The number of benzene rings is 1. The van der Waals surface area contributed by atoms with Crippen LogP contribution in [0.25, 0.3) is 11.0 Å². The molecule has 1 aromatic heterocycles. The number of anilines is 1. The minimum absolute atomic E-state index is 0.501. The molecule has 1 atom stereocenters. The van der Waals surface area contributed by atoms with Gasteiger partial charge in [0, 0.05) is 19.1 Å². The van der Waals surface area contributed by atoms with E-state index < -0.39 is 0 Å². The van der Waals surface area contributed by atoms with Crippen molar-refractivity contribution in [2.75, 3.05) is 18.4 Å². The zero-order chi connectivity index (χ0) is 12.4. The molecule has 1 unspecified atom stereocenters. The van der Waals surface area contributed by atoms with Crippen molar-refractivity contribution >= 4 is 17.0 Å². The van der Waals surface area contributed by atoms with Gasteiger partial charge < -0.3 is 15.2 Å². The van der Waals surface area contributed by atoms with Crippen LogP contribution in [0.2, 0.25) is 0 Å². The van der Waals surface area contributed by atoms with Gasteiger partial charge in [0.2, 0.25) is 5.95 Å². The van der Waals surface area contributed by atoms with Crippen LogP contribution >= 0.6 is 0 Å². The second-order valence-corrected chi connectivity index (χ2v) is 4.86. The number of rotatable bonds is 3. The Kier molecular flexibility index (Phi) is 3.19. The molecule has 1 aromatic carbocycles. The van der Waals surface area contributed by atoms with Crippen molar-refractivity contribution < 1.29 is 0 Å². The number of fused-ring (bicyclic) bond motifs is 1. The third kappa shape index (κ3) is 2.08. The summed E-state index contributed by atoms with van der Waals surface area (Å²) in [6, 6.07) is 8.83. The fourth-order valence-electron chi connectivity index (χ4n) is 2.66. The number of hydrogen-bond donors (Lipinski definition) is 2. The molecule has 4 nitrogen and oxygen atoms in total. The van der Waals surface area contributed by atoms with Gasteiger partial charge in [0.15, 0.2) is 0 Å². The first-order chi connectivity index (χ1) is 8.88. The summed E-state index contributed by atoms with van der Waals surface area (Å²) in [6.45, 7) is 5.29. The van der Waals surface area contributed by atoms with Crippen molar-refractivity contribution in [3.63, 3.8) is 0 Å². The molecule has 2 N–H and O–H groups in total. The number of para-hydroxylation sites is 2. The monoisotopic (exact) mass is 244 g/mol. The SMILES string of the molecule is CCn1c(NC2CCCNC2)nc2ccccc21. The first-order valence-corrected chi connectivity index (χ1v) is 6.81. The average Bonchev–Trinajstić information content (AvgIpc) is 2.77. The summed E-state index contributed by atoms with van der Waals surface area (Å²) in [5.74, 6) is 1.01. The number of aromatic nitrogens is 2. The highest BCUT2D eigenvalue weighted by Crippen LogP contribution is 2.20. The number of piperidine rings is 1. The molecule has 2 heterocycles. The summed E-state index contributed by atoms with van der Waals surface area (Å²) >= 11 is 0. The van der Waals surface area contributed by atoms with Gasteiger partial charge >= 0.3 is 0 Å². The Labute approximate surface area is 107 Å². The smallest absolute Gasteiger partial charge is 0.204 e. The summed E-state index contributed by atoms with van der Waals surface area (Å²) in [4.78, 5) is 4.70. The lowest BCUT2D eigenvalue weighted by molar-refractivity contribution is 0.476. The number of hydrogen-bond acceptors (Lipinski definition) is 3. The number of imidazole rings is 1. The number of aryl methyl sites for hydroxylation is 1. The number of nitrogens with zero attached hydrogens (tertiary/aromatic N) is 2. The van der Waals surface area contributed by atoms with Crippen molar-refractivity contribution in [2.45, 2.75) is 32.4 Å². The van der Waals surface area contributed by atoms with Crippen molar-refractivity contribution in [2.24, 2.45) is 0 Å². The van der Waals surface area contributed by atoms with Gasteiger partial charge in [0.05, 0.1) is 11.0 Å². The molecule has 0 amide bonds. The van der Waals surface area contributed by atoms with E-state index in [1.165, 1.54) is 18.4 Å². The van der Waals surface area contributed by atoms with Crippen molar-refractivity contribution in [3.8, 4) is 0 Å². The third-order valence-corrected chi connectivity index (χ3v) is 3.60. The maximum Gasteiger partial charge on any atom is 0.204 e. The van der Waals surface area contributed by atoms with Crippen LogP contribution in [0.15, 0.2) is 24.3 Å². The minimum atomic E-state index is 0.501. The Bertz CT molecular complexity index is 526. The quantitative estimate of drug-likeness (QED) is 0.870. The van der Waals surface area contributed by atoms with E-state index in [4.69, 9.17) is 4.98 Å². The van der Waals surface area contributed by atoms with Crippen LogP contribution in [0.4, 0.5) is 5.95 Å². The maximum absolute atomic E-state index is 4.70. The molecule has 1 aliphatic rings. The highest BCUT2D eigenvalue weighted by molar-refractivity contribution is 5.78. The summed E-state index contributed by atoms with van der Waals surface area (Å²) < 4.78 is 2.25. The molecule has 0 radical (unpaired) electrons. The molecule has 3 rings (SSSR count). The first kappa shape index (κ1) is 11.5. The zero-order valence-corrected chi connectivity index (χ0v) is 10.8. The zero-order valence-electron chi connectivity index (χ0n) is 10.8. The average molecular weight is 244 g/mol. The standard InChI is InChI=1S/C14H20N4/c1-2-18-13-8-4-3-7-12(13)17-14(18)16-11-6-5-9-15-10-11/h3-4,7-8,11,15H,2,5-6,9-10H2,1H3,(H,16,17). The predicted molar refractivity (Wildman–Crippen MR) is 74.9 cm³/mol. The Morgan fingerprint density at radius 2 is 2.33 bits per heavy atom. The summed E-state index contributed by atoms with van der Waals surface area (Å²) in [7, 11) is 0. The Morgan fingerprint density at radius 1 is 1.44 bits per heavy atom. The van der Waals surface area contributed by atoms with Crippen molar-refractivity contribution in [1.82, 2.24) is 14.9 Å². The van der Waals surface area contributed by atoms with E-state index in [0.717, 1.165) is 31.1 Å². The second kappa shape index (κ2) is 4.98. The van der Waals surface area contributed by atoms with Crippen molar-refractivity contribution in [3.05, 3.63) is 24.3 Å². The fraction of sp³-hybridized carbons (Fsp3) is 0.500. The molecular weight excluding hydrogens is 224 g/mol. The first-order valence-electron chi connectivity index (χ1n) is 6.81. The molecule has 18 heavy (non-hydrogen) atoms.